The largest absolute Gasteiger partial charge is 0.289 e. The maximum atomic E-state index is 14.5. The molecule has 2 heterocycles. The molecule has 0 aromatic carbocycles. The summed E-state index contributed by atoms with van der Waals surface area (Å²) in [4.78, 5) is 0. The molecule has 0 N–H and O–H groups in total. The van der Waals surface area contributed by atoms with Gasteiger partial charge in [0.25, 0.3) is 0 Å². The van der Waals surface area contributed by atoms with E-state index in [1.807, 2.05) is 0 Å². The van der Waals surface area contributed by atoms with E-state index < -0.39 is 7.44 Å². The molecule has 0 bridgehead atoms. The molecule has 0 aromatic heterocycles. The number of alkyl halides is 1. The van der Waals surface area contributed by atoms with E-state index in [0.717, 1.165) is 39.0 Å². The number of nitrogens with zero attached hydrogens (tertiary/aromatic N) is 2. The second kappa shape index (κ2) is 10.3. The lowest BCUT2D eigenvalue weighted by molar-refractivity contribution is 0.174. The molecule has 3 nitrogen and oxygen atoms in total. The minimum Gasteiger partial charge on any atom is -0.289 e. The Morgan fingerprint density at radius 3 is 1.69 bits per heavy atom. The number of halogens is 1. The third-order valence-corrected chi connectivity index (χ3v) is 10.1. The monoisotopic (exact) mass is 404 g/mol. The van der Waals surface area contributed by atoms with Crippen molar-refractivity contribution >= 4 is 19.0 Å². The first-order chi connectivity index (χ1) is 12.2. The summed E-state index contributed by atoms with van der Waals surface area (Å²) < 4.78 is 19.2. The van der Waals surface area contributed by atoms with Gasteiger partial charge in [-0.15, -0.1) is 11.6 Å². The molecular weight excluding hydrogens is 363 g/mol. The molecule has 2 aliphatic rings. The third-order valence-electron chi connectivity index (χ3n) is 6.14. The molecule has 154 valence electrons. The molecule has 5 unspecified atom stereocenters. The van der Waals surface area contributed by atoms with E-state index in [2.05, 4.69) is 44.0 Å². The molecule has 2 rings (SSSR count). The van der Waals surface area contributed by atoms with E-state index >= 15 is 0 Å². The van der Waals surface area contributed by atoms with E-state index in [9.17, 15) is 4.57 Å². The van der Waals surface area contributed by atoms with Crippen LogP contribution in [0.25, 0.3) is 0 Å². The smallest absolute Gasteiger partial charge is 0.218 e. The van der Waals surface area contributed by atoms with Crippen LogP contribution in [0.3, 0.4) is 0 Å². The van der Waals surface area contributed by atoms with Crippen molar-refractivity contribution in [3.8, 4) is 0 Å². The summed E-state index contributed by atoms with van der Waals surface area (Å²) in [6.45, 7) is 15.4. The lowest BCUT2D eigenvalue weighted by Crippen LogP contribution is -2.46. The van der Waals surface area contributed by atoms with Crippen molar-refractivity contribution in [3.63, 3.8) is 0 Å². The van der Waals surface area contributed by atoms with Crippen LogP contribution < -0.4 is 0 Å². The summed E-state index contributed by atoms with van der Waals surface area (Å²) >= 11 is 6.76. The zero-order valence-electron chi connectivity index (χ0n) is 17.8. The van der Waals surface area contributed by atoms with Crippen molar-refractivity contribution in [2.75, 3.05) is 32.3 Å². The molecule has 0 radical (unpaired) electrons. The highest BCUT2D eigenvalue weighted by Gasteiger charge is 2.43. The van der Waals surface area contributed by atoms with Crippen molar-refractivity contribution in [2.45, 2.75) is 78.5 Å². The molecule has 2 saturated heterocycles. The molecule has 26 heavy (non-hydrogen) atoms. The summed E-state index contributed by atoms with van der Waals surface area (Å²) in [5.74, 6) is 2.50. The first-order valence-corrected chi connectivity index (χ1v) is 13.2. The first-order valence-electron chi connectivity index (χ1n) is 11.0. The Morgan fingerprint density at radius 2 is 1.31 bits per heavy atom. The molecule has 0 amide bonds. The van der Waals surface area contributed by atoms with Crippen LogP contribution >= 0.6 is 19.0 Å². The lowest BCUT2D eigenvalue weighted by atomic mass is 9.93. The van der Waals surface area contributed by atoms with Crippen molar-refractivity contribution in [1.82, 2.24) is 9.34 Å². The fraction of sp³-hybridized carbons (Fsp3) is 1.00. The van der Waals surface area contributed by atoms with Gasteiger partial charge in [0.05, 0.1) is 0 Å². The molecule has 2 fully saturated rings. The van der Waals surface area contributed by atoms with Crippen LogP contribution in [-0.4, -0.2) is 47.1 Å². The van der Waals surface area contributed by atoms with Gasteiger partial charge in [-0.1, -0.05) is 53.9 Å². The molecule has 0 aromatic rings. The second-order valence-corrected chi connectivity index (χ2v) is 13.0. The topological polar surface area (TPSA) is 23.6 Å². The summed E-state index contributed by atoms with van der Waals surface area (Å²) in [5.41, 5.74) is 0. The van der Waals surface area contributed by atoms with Crippen LogP contribution in [0, 0.1) is 23.7 Å². The number of piperidine rings is 2. The van der Waals surface area contributed by atoms with Gasteiger partial charge in [-0.05, 0) is 42.9 Å². The maximum Gasteiger partial charge on any atom is 0.218 e. The van der Waals surface area contributed by atoms with E-state index in [1.54, 1.807) is 0 Å². The van der Waals surface area contributed by atoms with Crippen molar-refractivity contribution in [2.24, 2.45) is 23.7 Å². The van der Waals surface area contributed by atoms with E-state index in [-0.39, 0.29) is 5.38 Å². The standard InChI is InChI=1S/C21H42ClN2OP/c1-6-7-8-9-21(22)16-26(25,23-12-17(2)10-18(3)13-23)24-14-19(4)11-20(5)15-24/h17-21H,6-16H2,1-5H3. The molecule has 5 heteroatoms. The summed E-state index contributed by atoms with van der Waals surface area (Å²) in [6, 6.07) is 0. The molecule has 0 aliphatic carbocycles. The Morgan fingerprint density at radius 1 is 0.885 bits per heavy atom. The van der Waals surface area contributed by atoms with Crippen LogP contribution in [0.15, 0.2) is 0 Å². The van der Waals surface area contributed by atoms with Gasteiger partial charge in [0.15, 0.2) is 0 Å². The fourth-order valence-electron chi connectivity index (χ4n) is 5.15. The highest BCUT2D eigenvalue weighted by atomic mass is 35.5. The Kier molecular flexibility index (Phi) is 8.99. The predicted octanol–water partition coefficient (Wildman–Crippen LogP) is 6.32. The summed E-state index contributed by atoms with van der Waals surface area (Å²) in [5, 5.41) is 0.0347. The van der Waals surface area contributed by atoms with Gasteiger partial charge >= 0.3 is 0 Å². The van der Waals surface area contributed by atoms with Crippen LogP contribution in [0.4, 0.5) is 0 Å². The Balaban J connectivity index is 2.18. The van der Waals surface area contributed by atoms with Gasteiger partial charge in [-0.25, -0.2) is 9.34 Å². The van der Waals surface area contributed by atoms with Crippen LogP contribution in [0.5, 0.6) is 0 Å². The Hall–Kier alpha value is 0.440. The predicted molar refractivity (Wildman–Crippen MR) is 115 cm³/mol. The molecule has 0 saturated carbocycles. The van der Waals surface area contributed by atoms with Gasteiger partial charge in [-0.3, -0.25) is 4.57 Å². The van der Waals surface area contributed by atoms with Crippen LogP contribution in [0.1, 0.15) is 73.1 Å². The zero-order valence-corrected chi connectivity index (χ0v) is 19.4. The molecule has 0 spiro atoms. The van der Waals surface area contributed by atoms with Crippen LogP contribution in [0.2, 0.25) is 0 Å². The minimum absolute atomic E-state index is 0.0347. The maximum absolute atomic E-state index is 14.5. The SMILES string of the molecule is CCCCCC(Cl)CP(=O)(N1CC(C)CC(C)C1)N1CC(C)CC(C)C1. The van der Waals surface area contributed by atoms with Crippen LogP contribution in [-0.2, 0) is 4.57 Å². The van der Waals surface area contributed by atoms with Gasteiger partial charge in [0, 0.05) is 37.7 Å². The Bertz CT molecular complexity index is 425. The summed E-state index contributed by atoms with van der Waals surface area (Å²) in [7, 11) is -2.59. The van der Waals surface area contributed by atoms with Crippen molar-refractivity contribution in [3.05, 3.63) is 0 Å². The van der Waals surface area contributed by atoms with Gasteiger partial charge in [0.1, 0.15) is 0 Å². The molecule has 2 aliphatic heterocycles. The molecular formula is C21H42ClN2OP. The van der Waals surface area contributed by atoms with E-state index in [1.165, 1.54) is 25.7 Å². The van der Waals surface area contributed by atoms with Gasteiger partial charge in [-0.2, -0.15) is 0 Å². The molecule has 5 atom stereocenters. The van der Waals surface area contributed by atoms with Crippen molar-refractivity contribution in [1.29, 1.82) is 0 Å². The number of unbranched alkanes of at least 4 members (excludes halogenated alkanes) is 2. The lowest BCUT2D eigenvalue weighted by Gasteiger charge is -2.48. The highest BCUT2D eigenvalue weighted by Crippen LogP contribution is 2.58. The second-order valence-electron chi connectivity index (χ2n) is 9.58. The van der Waals surface area contributed by atoms with E-state index in [4.69, 9.17) is 11.6 Å². The quantitative estimate of drug-likeness (QED) is 0.268. The first kappa shape index (κ1) is 22.7. The van der Waals surface area contributed by atoms with E-state index in [0.29, 0.717) is 29.8 Å². The van der Waals surface area contributed by atoms with Gasteiger partial charge in [0.2, 0.25) is 7.44 Å². The highest BCUT2D eigenvalue weighted by molar-refractivity contribution is 7.59. The zero-order chi connectivity index (χ0) is 19.3. The average Bonchev–Trinajstić information content (AvgIpc) is 2.53. The number of hydrogen-bond donors (Lipinski definition) is 0. The number of hydrogen-bond acceptors (Lipinski definition) is 1. The van der Waals surface area contributed by atoms with Crippen molar-refractivity contribution < 1.29 is 4.57 Å². The minimum atomic E-state index is -2.59. The summed E-state index contributed by atoms with van der Waals surface area (Å²) in [6.07, 6.45) is 7.76. The third kappa shape index (κ3) is 6.23. The van der Waals surface area contributed by atoms with Gasteiger partial charge < -0.3 is 0 Å². The fourth-order valence-corrected chi connectivity index (χ4v) is 9.49. The normalized spacial score (nSPS) is 35.2. The number of rotatable bonds is 8. The Labute approximate surface area is 167 Å². The average molecular weight is 405 g/mol.